The molecule has 1 aromatic heterocycles. The van der Waals surface area contributed by atoms with E-state index in [0.717, 1.165) is 37.0 Å². The third-order valence-electron chi connectivity index (χ3n) is 6.85. The standard InChI is InChI=1S/C27H40BNO6/c1-9-11-13-31-22-16-23(32-14-12-10-2)20(15-19(22)18(3)4)25-24(21(17-30)29-33-25)28-34-26(5,6)27(7,8)35-28/h15-18H,9-14H2,1-8H3. The first-order chi connectivity index (χ1) is 16.6. The van der Waals surface area contributed by atoms with Gasteiger partial charge in [0.15, 0.2) is 12.0 Å². The third kappa shape index (κ3) is 5.75. The number of ether oxygens (including phenoxy) is 2. The van der Waals surface area contributed by atoms with Gasteiger partial charge in [-0.2, -0.15) is 0 Å². The lowest BCUT2D eigenvalue weighted by molar-refractivity contribution is 0.00578. The Balaban J connectivity index is 2.15. The Morgan fingerprint density at radius 2 is 1.54 bits per heavy atom. The predicted molar refractivity (Wildman–Crippen MR) is 138 cm³/mol. The number of hydrogen-bond acceptors (Lipinski definition) is 7. The van der Waals surface area contributed by atoms with Gasteiger partial charge in [-0.15, -0.1) is 0 Å². The number of rotatable bonds is 12. The lowest BCUT2D eigenvalue weighted by atomic mass is 9.76. The number of aldehydes is 1. The van der Waals surface area contributed by atoms with Crippen LogP contribution in [-0.2, 0) is 9.31 Å². The van der Waals surface area contributed by atoms with E-state index < -0.39 is 18.3 Å². The van der Waals surface area contributed by atoms with E-state index in [1.54, 1.807) is 0 Å². The maximum absolute atomic E-state index is 11.9. The number of aromatic nitrogens is 1. The van der Waals surface area contributed by atoms with Gasteiger partial charge in [-0.25, -0.2) is 0 Å². The summed E-state index contributed by atoms with van der Waals surface area (Å²) in [5.74, 6) is 2.04. The van der Waals surface area contributed by atoms with E-state index in [0.29, 0.717) is 42.0 Å². The van der Waals surface area contributed by atoms with E-state index in [4.69, 9.17) is 23.3 Å². The predicted octanol–water partition coefficient (Wildman–Crippen LogP) is 5.93. The Labute approximate surface area is 210 Å². The van der Waals surface area contributed by atoms with Crippen molar-refractivity contribution in [2.75, 3.05) is 13.2 Å². The summed E-state index contributed by atoms with van der Waals surface area (Å²) in [7, 11) is -0.798. The highest BCUT2D eigenvalue weighted by molar-refractivity contribution is 6.65. The zero-order valence-electron chi connectivity index (χ0n) is 22.5. The fraction of sp³-hybridized carbons (Fsp3) is 0.630. The number of hydrogen-bond donors (Lipinski definition) is 0. The minimum Gasteiger partial charge on any atom is -0.493 e. The molecular formula is C27H40BNO6. The van der Waals surface area contributed by atoms with Gasteiger partial charge < -0.3 is 23.3 Å². The van der Waals surface area contributed by atoms with Crippen LogP contribution in [-0.4, -0.2) is 43.0 Å². The topological polar surface area (TPSA) is 80.0 Å². The summed E-state index contributed by atoms with van der Waals surface area (Å²) in [5.41, 5.74) is 1.22. The van der Waals surface area contributed by atoms with Crippen LogP contribution in [0.4, 0.5) is 0 Å². The first-order valence-corrected chi connectivity index (χ1v) is 12.8. The molecule has 35 heavy (non-hydrogen) atoms. The molecule has 1 fully saturated rings. The van der Waals surface area contributed by atoms with Gasteiger partial charge in [-0.05, 0) is 58.1 Å². The van der Waals surface area contributed by atoms with Gasteiger partial charge in [0.2, 0.25) is 0 Å². The highest BCUT2D eigenvalue weighted by Gasteiger charge is 2.54. The number of unbranched alkanes of at least 4 members (excludes halogenated alkanes) is 2. The zero-order chi connectivity index (χ0) is 25.8. The van der Waals surface area contributed by atoms with E-state index in [9.17, 15) is 4.79 Å². The van der Waals surface area contributed by atoms with Crippen molar-refractivity contribution < 1.29 is 28.1 Å². The average Bonchev–Trinajstić information content (AvgIpc) is 3.31. The second kappa shape index (κ2) is 11.2. The Kier molecular flexibility index (Phi) is 8.70. The van der Waals surface area contributed by atoms with Gasteiger partial charge in [-0.1, -0.05) is 45.7 Å². The third-order valence-corrected chi connectivity index (χ3v) is 6.85. The summed E-state index contributed by atoms with van der Waals surface area (Å²) in [4.78, 5) is 11.9. The lowest BCUT2D eigenvalue weighted by Gasteiger charge is -2.32. The molecule has 0 radical (unpaired) electrons. The van der Waals surface area contributed by atoms with Crippen LogP contribution in [0.2, 0.25) is 0 Å². The number of benzene rings is 1. The maximum atomic E-state index is 11.9. The average molecular weight is 485 g/mol. The summed E-state index contributed by atoms with van der Waals surface area (Å²) in [6, 6.07) is 3.96. The fourth-order valence-electron chi connectivity index (χ4n) is 3.88. The molecule has 0 atom stereocenters. The lowest BCUT2D eigenvalue weighted by Crippen LogP contribution is -2.41. The molecule has 0 aliphatic carbocycles. The molecule has 192 valence electrons. The minimum atomic E-state index is -0.798. The molecule has 0 N–H and O–H groups in total. The van der Waals surface area contributed by atoms with Gasteiger partial charge in [0.1, 0.15) is 17.2 Å². The monoisotopic (exact) mass is 485 g/mol. The van der Waals surface area contributed by atoms with Crippen molar-refractivity contribution in [3.63, 3.8) is 0 Å². The second-order valence-electron chi connectivity index (χ2n) is 10.5. The van der Waals surface area contributed by atoms with Crippen LogP contribution in [0.25, 0.3) is 11.3 Å². The van der Waals surface area contributed by atoms with Crippen LogP contribution in [0, 0.1) is 0 Å². The second-order valence-corrected chi connectivity index (χ2v) is 10.5. The van der Waals surface area contributed by atoms with Crippen LogP contribution in [0.15, 0.2) is 16.7 Å². The normalized spacial score (nSPS) is 16.7. The van der Waals surface area contributed by atoms with Crippen molar-refractivity contribution in [3.8, 4) is 22.8 Å². The zero-order valence-corrected chi connectivity index (χ0v) is 22.5. The van der Waals surface area contributed by atoms with Gasteiger partial charge in [0, 0.05) is 6.07 Å². The van der Waals surface area contributed by atoms with Crippen LogP contribution < -0.4 is 14.9 Å². The van der Waals surface area contributed by atoms with Crippen LogP contribution in [0.1, 0.15) is 103 Å². The molecule has 1 aromatic carbocycles. The highest BCUT2D eigenvalue weighted by Crippen LogP contribution is 2.41. The molecule has 0 spiro atoms. The molecule has 3 rings (SSSR count). The van der Waals surface area contributed by atoms with Crippen LogP contribution in [0.3, 0.4) is 0 Å². The molecule has 0 bridgehead atoms. The molecule has 1 saturated heterocycles. The number of nitrogens with zero attached hydrogens (tertiary/aromatic N) is 1. The molecule has 1 aliphatic heterocycles. The van der Waals surface area contributed by atoms with Crippen molar-refractivity contribution in [2.24, 2.45) is 0 Å². The van der Waals surface area contributed by atoms with Crippen molar-refractivity contribution in [1.29, 1.82) is 0 Å². The smallest absolute Gasteiger partial charge is 0.493 e. The first kappa shape index (κ1) is 27.3. The molecule has 0 unspecified atom stereocenters. The van der Waals surface area contributed by atoms with Crippen molar-refractivity contribution in [2.45, 2.75) is 98.2 Å². The molecular weight excluding hydrogens is 445 g/mol. The number of carbonyl (C=O) groups is 1. The van der Waals surface area contributed by atoms with E-state index in [1.807, 2.05) is 39.8 Å². The summed E-state index contributed by atoms with van der Waals surface area (Å²) < 4.78 is 30.7. The van der Waals surface area contributed by atoms with Crippen molar-refractivity contribution >= 4 is 18.9 Å². The largest absolute Gasteiger partial charge is 0.501 e. The molecule has 0 saturated carbocycles. The highest BCUT2D eigenvalue weighted by atomic mass is 16.7. The molecule has 7 nitrogen and oxygen atoms in total. The van der Waals surface area contributed by atoms with Crippen molar-refractivity contribution in [3.05, 3.63) is 23.4 Å². The van der Waals surface area contributed by atoms with Crippen LogP contribution >= 0.6 is 0 Å². The first-order valence-electron chi connectivity index (χ1n) is 12.8. The summed E-state index contributed by atoms with van der Waals surface area (Å²) in [5, 5.41) is 4.06. The Morgan fingerprint density at radius 3 is 2.06 bits per heavy atom. The Hall–Kier alpha value is -2.32. The summed E-state index contributed by atoms with van der Waals surface area (Å²) >= 11 is 0. The summed E-state index contributed by atoms with van der Waals surface area (Å²) in [6.07, 6.45) is 4.63. The molecule has 0 amide bonds. The van der Waals surface area contributed by atoms with Crippen molar-refractivity contribution in [1.82, 2.24) is 5.16 Å². The van der Waals surface area contributed by atoms with Gasteiger partial charge in [-0.3, -0.25) is 4.79 Å². The molecule has 1 aliphatic rings. The van der Waals surface area contributed by atoms with Gasteiger partial charge in [0.25, 0.3) is 0 Å². The SMILES string of the molecule is CCCCOc1cc(OCCCC)c(C(C)C)cc1-c1onc(C=O)c1B1OC(C)(C)C(C)(C)O1. The molecule has 8 heteroatoms. The van der Waals surface area contributed by atoms with Crippen LogP contribution in [0.5, 0.6) is 11.5 Å². The van der Waals surface area contributed by atoms with E-state index >= 15 is 0 Å². The van der Waals surface area contributed by atoms with Gasteiger partial charge in [0.05, 0.1) is 35.4 Å². The van der Waals surface area contributed by atoms with Gasteiger partial charge >= 0.3 is 7.12 Å². The maximum Gasteiger partial charge on any atom is 0.501 e. The van der Waals surface area contributed by atoms with E-state index in [-0.39, 0.29) is 11.6 Å². The molecule has 2 heterocycles. The summed E-state index contributed by atoms with van der Waals surface area (Å²) in [6.45, 7) is 17.6. The minimum absolute atomic E-state index is 0.160. The van der Waals surface area contributed by atoms with E-state index in [2.05, 4.69) is 32.9 Å². The van der Waals surface area contributed by atoms with E-state index in [1.165, 1.54) is 0 Å². The molecule has 2 aromatic rings. The quantitative estimate of drug-likeness (QED) is 0.209. The Bertz CT molecular complexity index is 997. The number of carbonyl (C=O) groups excluding carboxylic acids is 1. The Morgan fingerprint density at radius 1 is 0.971 bits per heavy atom. The fourth-order valence-corrected chi connectivity index (χ4v) is 3.88.